The lowest BCUT2D eigenvalue weighted by molar-refractivity contribution is 0.172. The van der Waals surface area contributed by atoms with E-state index in [2.05, 4.69) is 16.3 Å². The van der Waals surface area contributed by atoms with E-state index in [9.17, 15) is 0 Å². The largest absolute Gasteiger partial charge is 0.495 e. The number of likely N-dealkylation sites (tertiary alicyclic amines) is 1. The Bertz CT molecular complexity index is 487. The highest BCUT2D eigenvalue weighted by atomic mass is 16.5. The van der Waals surface area contributed by atoms with Gasteiger partial charge in [0.15, 0.2) is 0 Å². The lowest BCUT2D eigenvalue weighted by Crippen LogP contribution is -2.34. The van der Waals surface area contributed by atoms with E-state index < -0.39 is 0 Å². The Balaban J connectivity index is 1.87. The van der Waals surface area contributed by atoms with Gasteiger partial charge in [0.25, 0.3) is 0 Å². The number of nitrogens with zero attached hydrogens (tertiary/aromatic N) is 2. The minimum atomic E-state index is 0.604. The molecule has 0 unspecified atom stereocenters. The standard InChI is InChI=1S/C17H25N3O/c1-19-8-5-14-6-9-20(10-7-14)13-15-3-4-16(12-18)17(11-15)21-2/h3-4,11,14,19H,5-10,13H2,1-2H3. The van der Waals surface area contributed by atoms with Gasteiger partial charge in [-0.1, -0.05) is 6.07 Å². The molecule has 21 heavy (non-hydrogen) atoms. The fraction of sp³-hybridized carbons (Fsp3) is 0.588. The smallest absolute Gasteiger partial charge is 0.136 e. The highest BCUT2D eigenvalue weighted by Crippen LogP contribution is 2.24. The van der Waals surface area contributed by atoms with Gasteiger partial charge in [0.05, 0.1) is 12.7 Å². The van der Waals surface area contributed by atoms with Crippen molar-refractivity contribution >= 4 is 0 Å². The second-order valence-corrected chi connectivity index (χ2v) is 5.76. The van der Waals surface area contributed by atoms with Crippen molar-refractivity contribution in [3.8, 4) is 11.8 Å². The summed E-state index contributed by atoms with van der Waals surface area (Å²) in [5, 5.41) is 12.3. The molecule has 0 aromatic heterocycles. The molecule has 1 aromatic rings. The van der Waals surface area contributed by atoms with Gasteiger partial charge in [-0.2, -0.15) is 5.26 Å². The summed E-state index contributed by atoms with van der Waals surface area (Å²) in [6.45, 7) is 4.39. The van der Waals surface area contributed by atoms with E-state index in [4.69, 9.17) is 10.00 Å². The zero-order valence-corrected chi connectivity index (χ0v) is 13.1. The average Bonchev–Trinajstić information content (AvgIpc) is 2.54. The molecular formula is C17H25N3O. The van der Waals surface area contributed by atoms with Crippen LogP contribution in [-0.2, 0) is 6.54 Å². The van der Waals surface area contributed by atoms with Gasteiger partial charge in [-0.05, 0) is 69.6 Å². The number of rotatable bonds is 6. The Kier molecular flexibility index (Phi) is 6.04. The van der Waals surface area contributed by atoms with E-state index in [1.54, 1.807) is 7.11 Å². The number of methoxy groups -OCH3 is 1. The highest BCUT2D eigenvalue weighted by Gasteiger charge is 2.19. The summed E-state index contributed by atoms with van der Waals surface area (Å²) in [4.78, 5) is 2.50. The van der Waals surface area contributed by atoms with Gasteiger partial charge in [-0.25, -0.2) is 0 Å². The van der Waals surface area contributed by atoms with Crippen LogP contribution in [0.25, 0.3) is 0 Å². The molecule has 1 saturated heterocycles. The van der Waals surface area contributed by atoms with Crippen molar-refractivity contribution in [1.29, 1.82) is 5.26 Å². The molecule has 0 amide bonds. The molecule has 1 N–H and O–H groups in total. The van der Waals surface area contributed by atoms with Crippen molar-refractivity contribution in [3.05, 3.63) is 29.3 Å². The summed E-state index contributed by atoms with van der Waals surface area (Å²) < 4.78 is 5.28. The zero-order valence-electron chi connectivity index (χ0n) is 13.1. The van der Waals surface area contributed by atoms with Crippen LogP contribution in [0.2, 0.25) is 0 Å². The average molecular weight is 287 g/mol. The van der Waals surface area contributed by atoms with E-state index in [1.165, 1.54) is 24.8 Å². The van der Waals surface area contributed by atoms with Crippen molar-refractivity contribution in [2.75, 3.05) is 33.8 Å². The Morgan fingerprint density at radius 1 is 1.38 bits per heavy atom. The lowest BCUT2D eigenvalue weighted by Gasteiger charge is -2.32. The van der Waals surface area contributed by atoms with Crippen molar-refractivity contribution in [3.63, 3.8) is 0 Å². The summed E-state index contributed by atoms with van der Waals surface area (Å²) >= 11 is 0. The SMILES string of the molecule is CNCCC1CCN(Cc2ccc(C#N)c(OC)c2)CC1. The number of ether oxygens (including phenoxy) is 1. The van der Waals surface area contributed by atoms with E-state index in [0.717, 1.165) is 32.1 Å². The van der Waals surface area contributed by atoms with Gasteiger partial charge >= 0.3 is 0 Å². The number of nitriles is 1. The third-order valence-corrected chi connectivity index (χ3v) is 4.30. The Morgan fingerprint density at radius 3 is 2.76 bits per heavy atom. The van der Waals surface area contributed by atoms with Crippen LogP contribution >= 0.6 is 0 Å². The maximum absolute atomic E-state index is 9.02. The summed E-state index contributed by atoms with van der Waals surface area (Å²) in [5.74, 6) is 1.54. The summed E-state index contributed by atoms with van der Waals surface area (Å²) in [6, 6.07) is 8.04. The molecule has 114 valence electrons. The summed E-state index contributed by atoms with van der Waals surface area (Å²) in [7, 11) is 3.64. The molecule has 0 bridgehead atoms. The first-order valence-electron chi connectivity index (χ1n) is 7.70. The van der Waals surface area contributed by atoms with Crippen molar-refractivity contribution in [1.82, 2.24) is 10.2 Å². The maximum Gasteiger partial charge on any atom is 0.136 e. The molecular weight excluding hydrogens is 262 g/mol. The van der Waals surface area contributed by atoms with Crippen LogP contribution in [0, 0.1) is 17.2 Å². The third-order valence-electron chi connectivity index (χ3n) is 4.30. The number of piperidine rings is 1. The minimum absolute atomic E-state index is 0.604. The van der Waals surface area contributed by atoms with Crippen LogP contribution in [0.3, 0.4) is 0 Å². The quantitative estimate of drug-likeness (QED) is 0.873. The van der Waals surface area contributed by atoms with Crippen LogP contribution < -0.4 is 10.1 Å². The van der Waals surface area contributed by atoms with E-state index in [0.29, 0.717) is 11.3 Å². The molecule has 0 radical (unpaired) electrons. The second-order valence-electron chi connectivity index (χ2n) is 5.76. The first-order valence-corrected chi connectivity index (χ1v) is 7.70. The fourth-order valence-corrected chi connectivity index (χ4v) is 2.97. The van der Waals surface area contributed by atoms with Crippen molar-refractivity contribution in [2.45, 2.75) is 25.8 Å². The first-order chi connectivity index (χ1) is 10.3. The number of benzene rings is 1. The van der Waals surface area contributed by atoms with Crippen LogP contribution in [0.5, 0.6) is 5.75 Å². The van der Waals surface area contributed by atoms with E-state index in [-0.39, 0.29) is 0 Å². The first kappa shape index (κ1) is 15.8. The molecule has 4 nitrogen and oxygen atoms in total. The van der Waals surface area contributed by atoms with Gasteiger partial charge in [0.2, 0.25) is 0 Å². The van der Waals surface area contributed by atoms with Crippen LogP contribution in [0.4, 0.5) is 0 Å². The van der Waals surface area contributed by atoms with Gasteiger partial charge in [0, 0.05) is 6.54 Å². The Labute approximate surface area is 127 Å². The topological polar surface area (TPSA) is 48.3 Å². The zero-order chi connectivity index (χ0) is 15.1. The Morgan fingerprint density at radius 2 is 2.14 bits per heavy atom. The molecule has 0 aliphatic carbocycles. The van der Waals surface area contributed by atoms with Crippen LogP contribution in [0.15, 0.2) is 18.2 Å². The Hall–Kier alpha value is -1.57. The predicted octanol–water partition coefficient (Wildman–Crippen LogP) is 2.39. The molecule has 1 aliphatic heterocycles. The number of hydrogen-bond donors (Lipinski definition) is 1. The van der Waals surface area contributed by atoms with Crippen molar-refractivity contribution in [2.24, 2.45) is 5.92 Å². The molecule has 1 fully saturated rings. The maximum atomic E-state index is 9.02. The minimum Gasteiger partial charge on any atom is -0.495 e. The van der Waals surface area contributed by atoms with Gasteiger partial charge < -0.3 is 10.1 Å². The monoisotopic (exact) mass is 287 g/mol. The van der Waals surface area contributed by atoms with Crippen LogP contribution in [-0.4, -0.2) is 38.7 Å². The van der Waals surface area contributed by atoms with Crippen molar-refractivity contribution < 1.29 is 4.74 Å². The fourth-order valence-electron chi connectivity index (χ4n) is 2.97. The van der Waals surface area contributed by atoms with Gasteiger partial charge in [0.1, 0.15) is 11.8 Å². The normalized spacial score (nSPS) is 16.6. The molecule has 2 rings (SSSR count). The predicted molar refractivity (Wildman–Crippen MR) is 84.3 cm³/mol. The summed E-state index contributed by atoms with van der Waals surface area (Å²) in [5.41, 5.74) is 1.83. The molecule has 4 heteroatoms. The molecule has 0 atom stereocenters. The number of hydrogen-bond acceptors (Lipinski definition) is 4. The molecule has 0 saturated carbocycles. The number of nitrogens with one attached hydrogen (secondary N) is 1. The van der Waals surface area contributed by atoms with Gasteiger partial charge in [-0.15, -0.1) is 0 Å². The molecule has 0 spiro atoms. The lowest BCUT2D eigenvalue weighted by atomic mass is 9.93. The highest BCUT2D eigenvalue weighted by molar-refractivity contribution is 5.45. The molecule has 1 aliphatic rings. The molecule has 1 heterocycles. The third kappa shape index (κ3) is 4.45. The van der Waals surface area contributed by atoms with E-state index in [1.807, 2.05) is 25.2 Å². The summed E-state index contributed by atoms with van der Waals surface area (Å²) in [6.07, 6.45) is 3.86. The second kappa shape index (κ2) is 8.02. The van der Waals surface area contributed by atoms with Gasteiger partial charge in [-0.3, -0.25) is 4.90 Å². The van der Waals surface area contributed by atoms with Crippen LogP contribution in [0.1, 0.15) is 30.4 Å². The molecule has 1 aromatic carbocycles. The van der Waals surface area contributed by atoms with E-state index >= 15 is 0 Å².